The van der Waals surface area contributed by atoms with Gasteiger partial charge in [0.25, 0.3) is 0 Å². The molecule has 1 saturated heterocycles. The van der Waals surface area contributed by atoms with E-state index in [1.54, 1.807) is 4.90 Å². The summed E-state index contributed by atoms with van der Waals surface area (Å²) in [5.74, 6) is -1.47. The Morgan fingerprint density at radius 3 is 2.77 bits per heavy atom. The molecule has 8 heteroatoms. The number of hydrogen-bond donors (Lipinski definition) is 2. The van der Waals surface area contributed by atoms with Gasteiger partial charge in [0.1, 0.15) is 12.8 Å². The Labute approximate surface area is 155 Å². The van der Waals surface area contributed by atoms with Crippen molar-refractivity contribution in [2.45, 2.75) is 32.9 Å². The summed E-state index contributed by atoms with van der Waals surface area (Å²) in [6.45, 7) is 6.69. The molecule has 3 aliphatic heterocycles. The number of imide groups is 1. The van der Waals surface area contributed by atoms with Gasteiger partial charge in [0.15, 0.2) is 0 Å². The molecular formula is C18H21N3O4S. The molecule has 0 radical (unpaired) electrons. The molecule has 3 atom stereocenters. The Hall–Kier alpha value is -2.35. The number of hydrogen-bond acceptors (Lipinski definition) is 6. The van der Waals surface area contributed by atoms with Gasteiger partial charge in [0, 0.05) is 17.3 Å². The zero-order valence-electron chi connectivity index (χ0n) is 14.9. The number of carbonyl (C=O) groups excluding carboxylic acids is 3. The van der Waals surface area contributed by atoms with Crippen molar-refractivity contribution in [3.05, 3.63) is 33.2 Å². The minimum absolute atomic E-state index is 0.156. The van der Waals surface area contributed by atoms with Gasteiger partial charge in [0.05, 0.1) is 17.2 Å². The first-order chi connectivity index (χ1) is 12.4. The molecule has 0 spiro atoms. The Bertz CT molecular complexity index is 828. The number of aryl methyl sites for hydroxylation is 1. The van der Waals surface area contributed by atoms with Crippen molar-refractivity contribution in [3.63, 3.8) is 0 Å². The second kappa shape index (κ2) is 6.12. The lowest BCUT2D eigenvalue weighted by atomic mass is 9.76. The average Bonchev–Trinajstić information content (AvgIpc) is 3.15. The van der Waals surface area contributed by atoms with Crippen molar-refractivity contribution in [3.8, 4) is 0 Å². The van der Waals surface area contributed by atoms with E-state index in [1.165, 1.54) is 11.3 Å². The van der Waals surface area contributed by atoms with Crippen LogP contribution in [0.4, 0.5) is 4.79 Å². The molecule has 4 heterocycles. The van der Waals surface area contributed by atoms with Crippen LogP contribution in [-0.2, 0) is 14.3 Å². The molecule has 7 nitrogen and oxygen atoms in total. The first-order valence-electron chi connectivity index (χ1n) is 8.70. The first-order valence-corrected chi connectivity index (χ1v) is 9.58. The Morgan fingerprint density at radius 2 is 2.12 bits per heavy atom. The molecule has 0 aliphatic carbocycles. The number of esters is 1. The predicted molar refractivity (Wildman–Crippen MR) is 95.3 cm³/mol. The third kappa shape index (κ3) is 2.51. The number of amides is 3. The Kier molecular flexibility index (Phi) is 4.02. The zero-order chi connectivity index (χ0) is 18.6. The topological polar surface area (TPSA) is 87.7 Å². The molecule has 0 bridgehead atoms. The highest BCUT2D eigenvalue weighted by Gasteiger charge is 2.54. The van der Waals surface area contributed by atoms with E-state index in [-0.39, 0.29) is 24.4 Å². The van der Waals surface area contributed by atoms with Gasteiger partial charge in [-0.3, -0.25) is 10.1 Å². The van der Waals surface area contributed by atoms with Crippen LogP contribution in [0.1, 0.15) is 30.2 Å². The number of rotatable bonds is 3. The fraction of sp³-hybridized carbons (Fsp3) is 0.500. The van der Waals surface area contributed by atoms with Crippen LogP contribution in [0.15, 0.2) is 22.7 Å². The largest absolute Gasteiger partial charge is 0.456 e. The van der Waals surface area contributed by atoms with E-state index in [4.69, 9.17) is 4.74 Å². The second-order valence-electron chi connectivity index (χ2n) is 7.37. The highest BCUT2D eigenvalue weighted by Crippen LogP contribution is 2.46. The van der Waals surface area contributed by atoms with Crippen LogP contribution in [-0.4, -0.2) is 42.1 Å². The minimum atomic E-state index is -0.576. The summed E-state index contributed by atoms with van der Waals surface area (Å²) in [5, 5.41) is 7.69. The molecule has 138 valence electrons. The molecule has 2 N–H and O–H groups in total. The number of ether oxygens (including phenoxy) is 1. The number of nitrogens with one attached hydrogen (secondary N) is 2. The van der Waals surface area contributed by atoms with Crippen molar-refractivity contribution < 1.29 is 19.1 Å². The number of fused-ring (bicyclic) bond motifs is 1. The number of urea groups is 1. The van der Waals surface area contributed by atoms with Crippen LogP contribution >= 0.6 is 11.3 Å². The summed E-state index contributed by atoms with van der Waals surface area (Å²) in [7, 11) is 0. The summed E-state index contributed by atoms with van der Waals surface area (Å²) in [6.07, 6.45) is -0.488. The van der Waals surface area contributed by atoms with Crippen LogP contribution in [0.5, 0.6) is 0 Å². The van der Waals surface area contributed by atoms with E-state index < -0.39 is 24.0 Å². The third-order valence-corrected chi connectivity index (χ3v) is 6.20. The lowest BCUT2D eigenvalue weighted by molar-refractivity contribution is -0.136. The van der Waals surface area contributed by atoms with Crippen molar-refractivity contribution in [1.82, 2.24) is 15.5 Å². The maximum absolute atomic E-state index is 12.8. The van der Waals surface area contributed by atoms with Gasteiger partial charge in [-0.05, 0) is 29.9 Å². The molecule has 3 unspecified atom stereocenters. The fourth-order valence-electron chi connectivity index (χ4n) is 4.02. The summed E-state index contributed by atoms with van der Waals surface area (Å²) >= 11 is 1.53. The van der Waals surface area contributed by atoms with Gasteiger partial charge in [0.2, 0.25) is 5.91 Å². The van der Waals surface area contributed by atoms with E-state index in [2.05, 4.69) is 10.6 Å². The molecule has 3 amide bonds. The predicted octanol–water partition coefficient (Wildman–Crippen LogP) is 1.70. The molecule has 0 aromatic carbocycles. The smallest absolute Gasteiger partial charge is 0.336 e. The lowest BCUT2D eigenvalue weighted by Crippen LogP contribution is -2.68. The highest BCUT2D eigenvalue weighted by atomic mass is 32.1. The van der Waals surface area contributed by atoms with E-state index in [0.29, 0.717) is 17.8 Å². The normalized spacial score (nSPS) is 27.9. The van der Waals surface area contributed by atoms with Crippen molar-refractivity contribution >= 4 is 29.2 Å². The number of cyclic esters (lactones) is 1. The van der Waals surface area contributed by atoms with Crippen LogP contribution in [0.2, 0.25) is 0 Å². The van der Waals surface area contributed by atoms with Gasteiger partial charge in [-0.15, -0.1) is 11.3 Å². The number of carbonyl (C=O) groups is 3. The van der Waals surface area contributed by atoms with E-state index in [9.17, 15) is 14.4 Å². The van der Waals surface area contributed by atoms with Gasteiger partial charge >= 0.3 is 12.0 Å². The molecule has 3 aliphatic rings. The maximum atomic E-state index is 12.8. The quantitative estimate of drug-likeness (QED) is 0.786. The van der Waals surface area contributed by atoms with Gasteiger partial charge in [-0.1, -0.05) is 13.8 Å². The second-order valence-corrected chi connectivity index (χ2v) is 8.32. The monoisotopic (exact) mass is 375 g/mol. The number of thiophene rings is 1. The Morgan fingerprint density at radius 1 is 1.35 bits per heavy atom. The van der Waals surface area contributed by atoms with Crippen LogP contribution in [0.25, 0.3) is 0 Å². The van der Waals surface area contributed by atoms with Crippen LogP contribution < -0.4 is 10.6 Å². The van der Waals surface area contributed by atoms with Gasteiger partial charge in [-0.25, -0.2) is 9.59 Å². The molecule has 0 saturated carbocycles. The lowest BCUT2D eigenvalue weighted by Gasteiger charge is -2.46. The standard InChI is InChI=1S/C18H21N3O4S/c1-8(2)6-21-15-13(16(22)20-18(21)24)12(14-9(3)4-5-26-14)11-10(19-15)7-25-17(11)23/h4-5,8,12-13,15,19H,6-7H2,1-3H3,(H,20,22,24). The van der Waals surface area contributed by atoms with Crippen molar-refractivity contribution in [1.29, 1.82) is 0 Å². The van der Waals surface area contributed by atoms with E-state index >= 15 is 0 Å². The number of nitrogens with zero attached hydrogens (tertiary/aromatic N) is 1. The summed E-state index contributed by atoms with van der Waals surface area (Å²) < 4.78 is 5.25. The van der Waals surface area contributed by atoms with E-state index in [0.717, 1.165) is 10.4 Å². The Balaban J connectivity index is 1.84. The third-order valence-electron chi connectivity index (χ3n) is 5.10. The van der Waals surface area contributed by atoms with Crippen molar-refractivity contribution in [2.24, 2.45) is 11.8 Å². The average molecular weight is 375 g/mol. The van der Waals surface area contributed by atoms with Crippen LogP contribution in [0.3, 0.4) is 0 Å². The van der Waals surface area contributed by atoms with Gasteiger partial charge in [-0.2, -0.15) is 0 Å². The SMILES string of the molecule is Cc1ccsc1C1C2=C(COC2=O)NC2C1C(=O)NC(=O)N2CC(C)C. The maximum Gasteiger partial charge on any atom is 0.336 e. The van der Waals surface area contributed by atoms with Crippen LogP contribution in [0, 0.1) is 18.8 Å². The molecule has 1 aromatic heterocycles. The molecule has 1 aromatic rings. The molecular weight excluding hydrogens is 354 g/mol. The molecule has 1 fully saturated rings. The first kappa shape index (κ1) is 17.1. The zero-order valence-corrected chi connectivity index (χ0v) is 15.7. The summed E-state index contributed by atoms with van der Waals surface area (Å²) in [6, 6.07) is 1.59. The van der Waals surface area contributed by atoms with Crippen molar-refractivity contribution in [2.75, 3.05) is 13.2 Å². The van der Waals surface area contributed by atoms with E-state index in [1.807, 2.05) is 32.2 Å². The molecule has 4 rings (SSSR count). The molecule has 26 heavy (non-hydrogen) atoms. The summed E-state index contributed by atoms with van der Waals surface area (Å²) in [4.78, 5) is 40.3. The minimum Gasteiger partial charge on any atom is -0.456 e. The summed E-state index contributed by atoms with van der Waals surface area (Å²) in [5.41, 5.74) is 2.24. The highest BCUT2D eigenvalue weighted by molar-refractivity contribution is 7.10. The van der Waals surface area contributed by atoms with Gasteiger partial charge < -0.3 is 15.0 Å². The fourth-order valence-corrected chi connectivity index (χ4v) is 5.10.